The highest BCUT2D eigenvalue weighted by Gasteiger charge is 2.35. The third-order valence-electron chi connectivity index (χ3n) is 4.99. The molecule has 2 N–H and O–H groups in total. The van der Waals surface area contributed by atoms with E-state index in [0.29, 0.717) is 12.0 Å². The van der Waals surface area contributed by atoms with Crippen LogP contribution in [0.4, 0.5) is 0 Å². The molecule has 1 aliphatic rings. The average molecular weight is 240 g/mol. The topological polar surface area (TPSA) is 29.3 Å². The van der Waals surface area contributed by atoms with Crippen LogP contribution >= 0.6 is 0 Å². The molecule has 2 nitrogen and oxygen atoms in total. The first-order valence-corrected chi connectivity index (χ1v) is 7.46. The molecule has 1 unspecified atom stereocenters. The van der Waals surface area contributed by atoms with Gasteiger partial charge in [0.2, 0.25) is 0 Å². The Labute approximate surface area is 108 Å². The molecular weight excluding hydrogens is 208 g/mol. The minimum absolute atomic E-state index is 0.268. The summed E-state index contributed by atoms with van der Waals surface area (Å²) in [5.41, 5.74) is 6.42. The van der Waals surface area contributed by atoms with Crippen LogP contribution in [0.25, 0.3) is 0 Å². The monoisotopic (exact) mass is 240 g/mol. The molecule has 1 saturated carbocycles. The highest BCUT2D eigenvalue weighted by atomic mass is 15.2. The van der Waals surface area contributed by atoms with Crippen molar-refractivity contribution in [2.45, 2.75) is 77.3 Å². The number of hydrogen-bond donors (Lipinski definition) is 1. The number of hydrogen-bond acceptors (Lipinski definition) is 2. The Bertz CT molecular complexity index is 205. The zero-order valence-corrected chi connectivity index (χ0v) is 12.3. The Hall–Kier alpha value is -0.0800. The highest BCUT2D eigenvalue weighted by molar-refractivity contribution is 4.93. The quantitative estimate of drug-likeness (QED) is 0.816. The van der Waals surface area contributed by atoms with E-state index in [1.165, 1.54) is 44.9 Å². The summed E-state index contributed by atoms with van der Waals surface area (Å²) in [7, 11) is 2.29. The van der Waals surface area contributed by atoms with Gasteiger partial charge in [-0.1, -0.05) is 46.0 Å². The minimum atomic E-state index is 0.268. The lowest BCUT2D eigenvalue weighted by molar-refractivity contribution is 0.0410. The van der Waals surface area contributed by atoms with Gasteiger partial charge in [-0.15, -0.1) is 0 Å². The molecule has 0 heterocycles. The second-order valence-corrected chi connectivity index (χ2v) is 6.29. The van der Waals surface area contributed by atoms with Gasteiger partial charge in [0, 0.05) is 18.1 Å². The van der Waals surface area contributed by atoms with Crippen molar-refractivity contribution in [2.75, 3.05) is 13.6 Å². The van der Waals surface area contributed by atoms with Gasteiger partial charge in [-0.25, -0.2) is 0 Å². The van der Waals surface area contributed by atoms with Crippen LogP contribution in [0.1, 0.15) is 65.7 Å². The first kappa shape index (κ1) is 15.0. The van der Waals surface area contributed by atoms with E-state index in [0.717, 1.165) is 6.54 Å². The van der Waals surface area contributed by atoms with E-state index in [-0.39, 0.29) is 5.54 Å². The molecule has 0 aromatic heterocycles. The fourth-order valence-electron chi connectivity index (χ4n) is 3.14. The maximum absolute atomic E-state index is 6.16. The van der Waals surface area contributed by atoms with Crippen molar-refractivity contribution in [1.82, 2.24) is 4.90 Å². The molecule has 2 heteroatoms. The molecule has 1 aliphatic carbocycles. The Balaban J connectivity index is 2.76. The third kappa shape index (κ3) is 3.69. The lowest BCUT2D eigenvalue weighted by Gasteiger charge is -2.47. The fraction of sp³-hybridized carbons (Fsp3) is 1.00. The van der Waals surface area contributed by atoms with Crippen LogP contribution in [0.15, 0.2) is 0 Å². The summed E-state index contributed by atoms with van der Waals surface area (Å²) >= 11 is 0. The molecule has 0 aromatic rings. The molecule has 1 rings (SSSR count). The predicted octanol–water partition coefficient (Wildman–Crippen LogP) is 3.40. The Morgan fingerprint density at radius 3 is 1.88 bits per heavy atom. The number of nitrogens with zero attached hydrogens (tertiary/aromatic N) is 1. The number of nitrogens with two attached hydrogens (primary N) is 1. The van der Waals surface area contributed by atoms with Crippen molar-refractivity contribution >= 4 is 0 Å². The maximum atomic E-state index is 6.16. The summed E-state index contributed by atoms with van der Waals surface area (Å²) in [6.07, 6.45) is 9.49. The van der Waals surface area contributed by atoms with E-state index in [1.54, 1.807) is 0 Å². The Kier molecular flexibility index (Phi) is 5.94. The number of likely N-dealkylation sites (N-methyl/N-ethyl adjacent to an activating group) is 1. The van der Waals surface area contributed by atoms with Crippen molar-refractivity contribution in [3.05, 3.63) is 0 Å². The second-order valence-electron chi connectivity index (χ2n) is 6.29. The van der Waals surface area contributed by atoms with E-state index in [9.17, 15) is 0 Å². The van der Waals surface area contributed by atoms with Crippen LogP contribution < -0.4 is 5.73 Å². The number of rotatable bonds is 4. The first-order chi connectivity index (χ1) is 8.03. The Morgan fingerprint density at radius 1 is 1.00 bits per heavy atom. The summed E-state index contributed by atoms with van der Waals surface area (Å²) in [4.78, 5) is 2.59. The fourth-order valence-corrected chi connectivity index (χ4v) is 3.14. The maximum Gasteiger partial charge on any atom is 0.0331 e. The molecule has 17 heavy (non-hydrogen) atoms. The van der Waals surface area contributed by atoms with Gasteiger partial charge in [-0.05, 0) is 32.7 Å². The van der Waals surface area contributed by atoms with E-state index in [2.05, 4.69) is 32.7 Å². The van der Waals surface area contributed by atoms with Gasteiger partial charge in [0.25, 0.3) is 0 Å². The van der Waals surface area contributed by atoms with Gasteiger partial charge >= 0.3 is 0 Å². The van der Waals surface area contributed by atoms with E-state index >= 15 is 0 Å². The summed E-state index contributed by atoms with van der Waals surface area (Å²) in [6, 6.07) is 0.623. The van der Waals surface area contributed by atoms with Crippen molar-refractivity contribution in [3.8, 4) is 0 Å². The third-order valence-corrected chi connectivity index (χ3v) is 4.99. The van der Waals surface area contributed by atoms with Crippen LogP contribution in [-0.4, -0.2) is 30.1 Å². The van der Waals surface area contributed by atoms with E-state index < -0.39 is 0 Å². The van der Waals surface area contributed by atoms with Gasteiger partial charge in [-0.2, -0.15) is 0 Å². The smallest absolute Gasteiger partial charge is 0.0331 e. The predicted molar refractivity (Wildman–Crippen MR) is 76.2 cm³/mol. The Morgan fingerprint density at radius 2 is 1.47 bits per heavy atom. The van der Waals surface area contributed by atoms with Crippen LogP contribution in [0.5, 0.6) is 0 Å². The molecule has 1 atom stereocenters. The largest absolute Gasteiger partial charge is 0.329 e. The summed E-state index contributed by atoms with van der Waals surface area (Å²) in [5.74, 6) is 0.703. The molecular formula is C15H32N2. The van der Waals surface area contributed by atoms with Crippen LogP contribution in [0.2, 0.25) is 0 Å². The lowest BCUT2D eigenvalue weighted by atomic mass is 9.81. The molecule has 0 radical (unpaired) electrons. The highest BCUT2D eigenvalue weighted by Crippen LogP contribution is 2.32. The van der Waals surface area contributed by atoms with Crippen LogP contribution in [0, 0.1) is 5.92 Å². The van der Waals surface area contributed by atoms with Gasteiger partial charge in [0.1, 0.15) is 0 Å². The van der Waals surface area contributed by atoms with Gasteiger partial charge < -0.3 is 5.73 Å². The van der Waals surface area contributed by atoms with E-state index in [1.807, 2.05) is 0 Å². The standard InChI is InChI=1S/C15H32N2/c1-13(2)14(3)17(4)15(12-16)10-8-6-5-7-9-11-15/h13-14H,5-12,16H2,1-4H3. The summed E-state index contributed by atoms with van der Waals surface area (Å²) in [5, 5.41) is 0. The molecule has 0 aliphatic heterocycles. The summed E-state index contributed by atoms with van der Waals surface area (Å²) < 4.78 is 0. The van der Waals surface area contributed by atoms with Gasteiger partial charge in [0.05, 0.1) is 0 Å². The van der Waals surface area contributed by atoms with Crippen molar-refractivity contribution in [3.63, 3.8) is 0 Å². The molecule has 0 bridgehead atoms. The van der Waals surface area contributed by atoms with Crippen molar-refractivity contribution in [2.24, 2.45) is 11.7 Å². The average Bonchev–Trinajstić information content (AvgIpc) is 2.28. The molecule has 0 spiro atoms. The van der Waals surface area contributed by atoms with Crippen molar-refractivity contribution < 1.29 is 0 Å². The molecule has 0 amide bonds. The van der Waals surface area contributed by atoms with E-state index in [4.69, 9.17) is 5.73 Å². The minimum Gasteiger partial charge on any atom is -0.329 e. The second kappa shape index (κ2) is 6.75. The van der Waals surface area contributed by atoms with Gasteiger partial charge in [0.15, 0.2) is 0 Å². The van der Waals surface area contributed by atoms with Gasteiger partial charge in [-0.3, -0.25) is 4.90 Å². The first-order valence-electron chi connectivity index (χ1n) is 7.46. The van der Waals surface area contributed by atoms with Crippen LogP contribution in [-0.2, 0) is 0 Å². The molecule has 1 fully saturated rings. The summed E-state index contributed by atoms with van der Waals surface area (Å²) in [6.45, 7) is 7.80. The van der Waals surface area contributed by atoms with Crippen LogP contribution in [0.3, 0.4) is 0 Å². The SMILES string of the molecule is CC(C)C(C)N(C)C1(CN)CCCCCCC1. The zero-order chi connectivity index (χ0) is 12.9. The molecule has 0 saturated heterocycles. The lowest BCUT2D eigenvalue weighted by Crippen LogP contribution is -2.56. The zero-order valence-electron chi connectivity index (χ0n) is 12.3. The molecule has 0 aromatic carbocycles. The van der Waals surface area contributed by atoms with Crippen molar-refractivity contribution in [1.29, 1.82) is 0 Å². The molecule has 102 valence electrons. The normalized spacial score (nSPS) is 23.5.